The van der Waals surface area contributed by atoms with Crippen LogP contribution in [-0.4, -0.2) is 50.0 Å². The Bertz CT molecular complexity index is 1420. The minimum Gasteiger partial charge on any atom is -0.305 e. The molecule has 4 aromatic rings. The number of pyridine rings is 1. The maximum atomic E-state index is 6.29. The number of fused-ring (bicyclic) bond motifs is 2. The van der Waals surface area contributed by atoms with Crippen LogP contribution >= 0.6 is 47.4 Å². The van der Waals surface area contributed by atoms with Crippen molar-refractivity contribution in [2.75, 3.05) is 25.4 Å². The van der Waals surface area contributed by atoms with E-state index in [0.717, 1.165) is 64.3 Å². The molecule has 1 saturated heterocycles. The van der Waals surface area contributed by atoms with Crippen molar-refractivity contribution in [3.05, 3.63) is 69.8 Å². The summed E-state index contributed by atoms with van der Waals surface area (Å²) >= 11 is 14.2. The van der Waals surface area contributed by atoms with E-state index in [4.69, 9.17) is 23.2 Å². The van der Waals surface area contributed by atoms with Crippen molar-refractivity contribution in [2.45, 2.75) is 30.3 Å². The molecule has 0 amide bonds. The molecular weight excluding hydrogens is 533 g/mol. The van der Waals surface area contributed by atoms with Crippen molar-refractivity contribution in [1.82, 2.24) is 24.6 Å². The van der Waals surface area contributed by atoms with Crippen LogP contribution in [0.4, 0.5) is 0 Å². The molecule has 9 heteroatoms. The van der Waals surface area contributed by atoms with Crippen LogP contribution in [-0.2, 0) is 12.5 Å². The van der Waals surface area contributed by atoms with Gasteiger partial charge < -0.3 is 9.47 Å². The molecule has 2 aromatic carbocycles. The molecule has 0 spiro atoms. The Hall–Kier alpha value is -1.83. The van der Waals surface area contributed by atoms with Gasteiger partial charge in [-0.2, -0.15) is 0 Å². The minimum atomic E-state index is 0. The van der Waals surface area contributed by atoms with Crippen LogP contribution in [0.25, 0.3) is 22.3 Å². The molecule has 2 aromatic heterocycles. The number of aromatic nitrogens is 4. The normalized spacial score (nSPS) is 20.9. The SMILES string of the molecule is Cc1ccc2c(-c3nnc(SCCCN4C[C@H]5C[C@]5(c5ccc(Cl)c(Cl)c5)C4)n3C)cccc2n1.Cl. The predicted molar refractivity (Wildman–Crippen MR) is 152 cm³/mol. The summed E-state index contributed by atoms with van der Waals surface area (Å²) in [5.41, 5.74) is 4.70. The molecule has 1 saturated carbocycles. The van der Waals surface area contributed by atoms with Gasteiger partial charge in [0.1, 0.15) is 0 Å². The van der Waals surface area contributed by atoms with Crippen molar-refractivity contribution in [3.8, 4) is 11.4 Å². The second kappa shape index (κ2) is 10.1. The van der Waals surface area contributed by atoms with Crippen LogP contribution in [0.5, 0.6) is 0 Å². The van der Waals surface area contributed by atoms with Gasteiger partial charge in [0.25, 0.3) is 0 Å². The number of piperidine rings is 1. The fourth-order valence-electron chi connectivity index (χ4n) is 5.59. The molecule has 1 aliphatic heterocycles. The zero-order valence-corrected chi connectivity index (χ0v) is 23.4. The lowest BCUT2D eigenvalue weighted by atomic mass is 9.95. The van der Waals surface area contributed by atoms with Gasteiger partial charge in [-0.1, -0.05) is 59.2 Å². The third kappa shape index (κ3) is 4.63. The minimum absolute atomic E-state index is 0. The zero-order chi connectivity index (χ0) is 24.2. The summed E-state index contributed by atoms with van der Waals surface area (Å²) in [5.74, 6) is 2.64. The topological polar surface area (TPSA) is 46.8 Å². The number of benzene rings is 2. The highest BCUT2D eigenvalue weighted by Gasteiger charge is 2.60. The second-order valence-electron chi connectivity index (χ2n) is 9.81. The lowest BCUT2D eigenvalue weighted by molar-refractivity contribution is 0.299. The first-order valence-corrected chi connectivity index (χ1v) is 13.8. The molecule has 0 bridgehead atoms. The Morgan fingerprint density at radius 1 is 1.08 bits per heavy atom. The van der Waals surface area contributed by atoms with Crippen molar-refractivity contribution >= 4 is 58.3 Å². The van der Waals surface area contributed by atoms with E-state index in [9.17, 15) is 0 Å². The fourth-order valence-corrected chi connectivity index (χ4v) is 6.72. The van der Waals surface area contributed by atoms with Crippen molar-refractivity contribution < 1.29 is 0 Å². The van der Waals surface area contributed by atoms with Crippen LogP contribution in [0.15, 0.2) is 53.7 Å². The summed E-state index contributed by atoms with van der Waals surface area (Å²) in [6, 6.07) is 16.5. The predicted octanol–water partition coefficient (Wildman–Crippen LogP) is 6.82. The van der Waals surface area contributed by atoms with E-state index >= 15 is 0 Å². The number of hydrogen-bond acceptors (Lipinski definition) is 5. The molecule has 0 radical (unpaired) electrons. The second-order valence-corrected chi connectivity index (χ2v) is 11.7. The van der Waals surface area contributed by atoms with E-state index in [1.807, 2.05) is 38.2 Å². The largest absolute Gasteiger partial charge is 0.305 e. The third-order valence-electron chi connectivity index (χ3n) is 7.51. The molecule has 2 fully saturated rings. The summed E-state index contributed by atoms with van der Waals surface area (Å²) in [7, 11) is 2.05. The van der Waals surface area contributed by atoms with Gasteiger partial charge in [-0.25, -0.2) is 0 Å². The van der Waals surface area contributed by atoms with Gasteiger partial charge in [0.15, 0.2) is 11.0 Å². The Morgan fingerprint density at radius 2 is 1.94 bits per heavy atom. The van der Waals surface area contributed by atoms with E-state index in [1.165, 1.54) is 18.5 Å². The van der Waals surface area contributed by atoms with Crippen LogP contribution in [0, 0.1) is 12.8 Å². The molecule has 36 heavy (non-hydrogen) atoms. The molecule has 6 rings (SSSR count). The van der Waals surface area contributed by atoms with E-state index in [1.54, 1.807) is 11.8 Å². The highest BCUT2D eigenvalue weighted by molar-refractivity contribution is 7.99. The van der Waals surface area contributed by atoms with Crippen LogP contribution in [0.1, 0.15) is 24.1 Å². The van der Waals surface area contributed by atoms with Gasteiger partial charge in [-0.05, 0) is 62.1 Å². The first-order chi connectivity index (χ1) is 16.9. The standard InChI is InChI=1S/C27H27Cl2N5S.ClH/c1-17-7-9-20-21(5-3-6-24(20)30-17)25-31-32-26(33(25)2)35-12-4-11-34-15-19-14-27(19,16-34)18-8-10-22(28)23(29)13-18;/h3,5-10,13,19H,4,11-12,14-16H2,1-2H3;1H/t19-,27-;/m1./s1. The summed E-state index contributed by atoms with van der Waals surface area (Å²) in [5, 5.41) is 12.4. The average Bonchev–Trinajstić information content (AvgIpc) is 3.22. The molecule has 1 aliphatic carbocycles. The Balaban J connectivity index is 0.00000267. The number of halogens is 3. The van der Waals surface area contributed by atoms with Crippen LogP contribution in [0.3, 0.4) is 0 Å². The van der Waals surface area contributed by atoms with E-state index in [0.29, 0.717) is 10.0 Å². The van der Waals surface area contributed by atoms with Gasteiger partial charge in [-0.3, -0.25) is 4.98 Å². The van der Waals surface area contributed by atoms with Gasteiger partial charge in [0, 0.05) is 47.9 Å². The molecule has 0 N–H and O–H groups in total. The molecule has 0 unspecified atom stereocenters. The molecule has 3 heterocycles. The first-order valence-electron chi connectivity index (χ1n) is 12.0. The average molecular weight is 561 g/mol. The summed E-state index contributed by atoms with van der Waals surface area (Å²) in [6.45, 7) is 5.41. The maximum absolute atomic E-state index is 6.29. The molecule has 5 nitrogen and oxygen atoms in total. The van der Waals surface area contributed by atoms with E-state index < -0.39 is 0 Å². The van der Waals surface area contributed by atoms with Crippen LogP contribution < -0.4 is 0 Å². The quantitative estimate of drug-likeness (QED) is 0.183. The smallest absolute Gasteiger partial charge is 0.191 e. The number of thioether (sulfide) groups is 1. The third-order valence-corrected chi connectivity index (χ3v) is 9.35. The molecular formula is C27H28Cl3N5S. The molecule has 188 valence electrons. The fraction of sp³-hybridized carbons (Fsp3) is 0.370. The summed E-state index contributed by atoms with van der Waals surface area (Å²) < 4.78 is 2.10. The van der Waals surface area contributed by atoms with Gasteiger partial charge in [0.05, 0.1) is 15.6 Å². The van der Waals surface area contributed by atoms with E-state index in [2.05, 4.69) is 48.9 Å². The lowest BCUT2D eigenvalue weighted by Crippen LogP contribution is -2.27. The summed E-state index contributed by atoms with van der Waals surface area (Å²) in [6.07, 6.45) is 2.38. The number of hydrogen-bond donors (Lipinski definition) is 0. The van der Waals surface area contributed by atoms with Crippen molar-refractivity contribution in [1.29, 1.82) is 0 Å². The monoisotopic (exact) mass is 559 g/mol. The number of aryl methyl sites for hydroxylation is 1. The molecule has 2 aliphatic rings. The van der Waals surface area contributed by atoms with E-state index in [-0.39, 0.29) is 17.8 Å². The van der Waals surface area contributed by atoms with Crippen LogP contribution in [0.2, 0.25) is 10.0 Å². The number of rotatable bonds is 7. The highest BCUT2D eigenvalue weighted by atomic mass is 35.5. The molecule has 2 atom stereocenters. The van der Waals surface area contributed by atoms with Crippen molar-refractivity contribution in [2.24, 2.45) is 13.0 Å². The number of nitrogens with zero attached hydrogens (tertiary/aromatic N) is 5. The zero-order valence-electron chi connectivity index (χ0n) is 20.2. The number of likely N-dealkylation sites (tertiary alicyclic amines) is 1. The highest BCUT2D eigenvalue weighted by Crippen LogP contribution is 2.59. The van der Waals surface area contributed by atoms with Gasteiger partial charge in [0.2, 0.25) is 0 Å². The Morgan fingerprint density at radius 3 is 2.78 bits per heavy atom. The van der Waals surface area contributed by atoms with Gasteiger partial charge >= 0.3 is 0 Å². The van der Waals surface area contributed by atoms with Crippen molar-refractivity contribution in [3.63, 3.8) is 0 Å². The lowest BCUT2D eigenvalue weighted by Gasteiger charge is -2.21. The first kappa shape index (κ1) is 25.8. The van der Waals surface area contributed by atoms with Gasteiger partial charge in [-0.15, -0.1) is 22.6 Å². The summed E-state index contributed by atoms with van der Waals surface area (Å²) in [4.78, 5) is 7.26. The Kier molecular flexibility index (Phi) is 7.27. The Labute approximate surface area is 232 Å². The maximum Gasteiger partial charge on any atom is 0.191 e.